The van der Waals surface area contributed by atoms with Crippen LogP contribution in [0.25, 0.3) is 0 Å². The number of hydrogen-bond donors (Lipinski definition) is 3. The Labute approximate surface area is 108 Å². The number of hydrogen-bond acceptors (Lipinski definition) is 3. The van der Waals surface area contributed by atoms with Crippen LogP contribution in [0.4, 0.5) is 0 Å². The van der Waals surface area contributed by atoms with E-state index in [9.17, 15) is 0 Å². The highest BCUT2D eigenvalue weighted by atomic mass is 35.5. The molecule has 1 aromatic carbocycles. The summed E-state index contributed by atoms with van der Waals surface area (Å²) in [6.45, 7) is 1.77. The number of unbranched alkanes of at least 4 members (excludes halogenated alkanes) is 2. The number of rotatable bonds is 8. The normalized spacial score (nSPS) is 12.6. The Balaban J connectivity index is 2.35. The maximum atomic E-state index is 8.67. The quantitative estimate of drug-likeness (QED) is 0.625. The van der Waals surface area contributed by atoms with Crippen molar-refractivity contribution >= 4 is 11.6 Å². The van der Waals surface area contributed by atoms with E-state index in [0.717, 1.165) is 30.8 Å². The third kappa shape index (κ3) is 5.50. The number of nitrogens with two attached hydrogens (primary N) is 1. The van der Waals surface area contributed by atoms with Crippen LogP contribution in [0.15, 0.2) is 24.3 Å². The molecule has 0 saturated heterocycles. The van der Waals surface area contributed by atoms with Crippen molar-refractivity contribution < 1.29 is 5.11 Å². The van der Waals surface area contributed by atoms with E-state index in [1.54, 1.807) is 0 Å². The van der Waals surface area contributed by atoms with Gasteiger partial charge in [0.1, 0.15) is 0 Å². The summed E-state index contributed by atoms with van der Waals surface area (Å²) in [5.74, 6) is 0. The molecule has 1 aromatic rings. The Morgan fingerprint density at radius 1 is 1.18 bits per heavy atom. The second-order valence-corrected chi connectivity index (χ2v) is 4.51. The lowest BCUT2D eigenvalue weighted by molar-refractivity contribution is 0.282. The average Bonchev–Trinajstić information content (AvgIpc) is 2.35. The van der Waals surface area contributed by atoms with Crippen molar-refractivity contribution in [2.24, 2.45) is 5.73 Å². The standard InChI is InChI=1S/C13H21ClN2O/c14-12-6-4-11(5-7-12)13(10-15)16-8-2-1-3-9-17/h4-7,13,16-17H,1-3,8-10,15H2. The lowest BCUT2D eigenvalue weighted by Crippen LogP contribution is -2.29. The van der Waals surface area contributed by atoms with Gasteiger partial charge in [0.05, 0.1) is 0 Å². The highest BCUT2D eigenvalue weighted by Crippen LogP contribution is 2.15. The van der Waals surface area contributed by atoms with Gasteiger partial charge < -0.3 is 16.2 Å². The maximum absolute atomic E-state index is 8.67. The van der Waals surface area contributed by atoms with E-state index in [4.69, 9.17) is 22.4 Å². The first-order valence-electron chi connectivity index (χ1n) is 6.07. The predicted octanol–water partition coefficient (Wildman–Crippen LogP) is 2.09. The molecule has 0 saturated carbocycles. The molecule has 0 aliphatic rings. The molecule has 0 aromatic heterocycles. The van der Waals surface area contributed by atoms with Crippen LogP contribution in [0.5, 0.6) is 0 Å². The molecule has 0 fully saturated rings. The molecule has 0 spiro atoms. The fourth-order valence-corrected chi connectivity index (χ4v) is 1.85. The summed E-state index contributed by atoms with van der Waals surface area (Å²) in [4.78, 5) is 0. The van der Waals surface area contributed by atoms with Crippen molar-refractivity contribution in [3.8, 4) is 0 Å². The molecule has 3 nitrogen and oxygen atoms in total. The number of halogens is 1. The lowest BCUT2D eigenvalue weighted by atomic mass is 10.1. The van der Waals surface area contributed by atoms with Crippen LogP contribution in [0.2, 0.25) is 5.02 Å². The summed E-state index contributed by atoms with van der Waals surface area (Å²) in [6.07, 6.45) is 2.97. The van der Waals surface area contributed by atoms with E-state index in [2.05, 4.69) is 5.32 Å². The SMILES string of the molecule is NCC(NCCCCCO)c1ccc(Cl)cc1. The van der Waals surface area contributed by atoms with Crippen molar-refractivity contribution in [1.82, 2.24) is 5.32 Å². The first-order chi connectivity index (χ1) is 8.27. The van der Waals surface area contributed by atoms with Gasteiger partial charge in [0.25, 0.3) is 0 Å². The Hall–Kier alpha value is -0.610. The van der Waals surface area contributed by atoms with Crippen molar-refractivity contribution in [1.29, 1.82) is 0 Å². The van der Waals surface area contributed by atoms with Crippen molar-refractivity contribution in [3.05, 3.63) is 34.9 Å². The molecule has 0 radical (unpaired) electrons. The summed E-state index contributed by atoms with van der Waals surface area (Å²) >= 11 is 5.85. The van der Waals surface area contributed by atoms with Gasteiger partial charge in [-0.15, -0.1) is 0 Å². The van der Waals surface area contributed by atoms with Crippen LogP contribution in [-0.2, 0) is 0 Å². The molecule has 1 rings (SSSR count). The number of aliphatic hydroxyl groups excluding tert-OH is 1. The van der Waals surface area contributed by atoms with Gasteiger partial charge in [-0.05, 0) is 43.5 Å². The summed E-state index contributed by atoms with van der Waals surface area (Å²) in [6, 6.07) is 7.95. The molecule has 0 heterocycles. The molecule has 96 valence electrons. The maximum Gasteiger partial charge on any atom is 0.0444 e. The molecule has 0 amide bonds. The third-order valence-electron chi connectivity index (χ3n) is 2.73. The fraction of sp³-hybridized carbons (Fsp3) is 0.538. The minimum Gasteiger partial charge on any atom is -0.396 e. The van der Waals surface area contributed by atoms with Crippen molar-refractivity contribution in [3.63, 3.8) is 0 Å². The number of aliphatic hydroxyl groups is 1. The zero-order valence-electron chi connectivity index (χ0n) is 10.0. The van der Waals surface area contributed by atoms with Crippen LogP contribution < -0.4 is 11.1 Å². The van der Waals surface area contributed by atoms with Gasteiger partial charge >= 0.3 is 0 Å². The van der Waals surface area contributed by atoms with E-state index >= 15 is 0 Å². The molecule has 0 aliphatic carbocycles. The van der Waals surface area contributed by atoms with E-state index in [1.165, 1.54) is 5.56 Å². The van der Waals surface area contributed by atoms with E-state index < -0.39 is 0 Å². The third-order valence-corrected chi connectivity index (χ3v) is 2.99. The van der Waals surface area contributed by atoms with Crippen LogP contribution in [-0.4, -0.2) is 24.8 Å². The van der Waals surface area contributed by atoms with Crippen molar-refractivity contribution in [2.75, 3.05) is 19.7 Å². The zero-order chi connectivity index (χ0) is 12.5. The molecular formula is C13H21ClN2O. The molecular weight excluding hydrogens is 236 g/mol. The van der Waals surface area contributed by atoms with E-state index in [-0.39, 0.29) is 12.6 Å². The topological polar surface area (TPSA) is 58.3 Å². The monoisotopic (exact) mass is 256 g/mol. The summed E-state index contributed by atoms with van der Waals surface area (Å²) in [7, 11) is 0. The minimum atomic E-state index is 0.182. The Morgan fingerprint density at radius 2 is 1.88 bits per heavy atom. The Bertz CT molecular complexity index is 303. The van der Waals surface area contributed by atoms with E-state index in [0.29, 0.717) is 6.54 Å². The first-order valence-corrected chi connectivity index (χ1v) is 6.45. The van der Waals surface area contributed by atoms with Crippen LogP contribution in [0.1, 0.15) is 30.9 Å². The van der Waals surface area contributed by atoms with E-state index in [1.807, 2.05) is 24.3 Å². The summed E-state index contributed by atoms with van der Waals surface area (Å²) in [5.41, 5.74) is 6.91. The predicted molar refractivity (Wildman–Crippen MR) is 72.2 cm³/mol. The van der Waals surface area contributed by atoms with Gasteiger partial charge in [0.2, 0.25) is 0 Å². The lowest BCUT2D eigenvalue weighted by Gasteiger charge is -2.17. The largest absolute Gasteiger partial charge is 0.396 e. The van der Waals surface area contributed by atoms with Crippen LogP contribution >= 0.6 is 11.6 Å². The number of benzene rings is 1. The van der Waals surface area contributed by atoms with Gasteiger partial charge in [-0.1, -0.05) is 23.7 Å². The van der Waals surface area contributed by atoms with Gasteiger partial charge in [-0.2, -0.15) is 0 Å². The molecule has 0 aliphatic heterocycles. The highest BCUT2D eigenvalue weighted by molar-refractivity contribution is 6.30. The first kappa shape index (κ1) is 14.5. The average molecular weight is 257 g/mol. The zero-order valence-corrected chi connectivity index (χ0v) is 10.8. The number of nitrogens with one attached hydrogen (secondary N) is 1. The van der Waals surface area contributed by atoms with Gasteiger partial charge in [-0.25, -0.2) is 0 Å². The van der Waals surface area contributed by atoms with Crippen LogP contribution in [0.3, 0.4) is 0 Å². The highest BCUT2D eigenvalue weighted by Gasteiger charge is 2.07. The molecule has 1 atom stereocenters. The minimum absolute atomic E-state index is 0.182. The molecule has 4 heteroatoms. The Morgan fingerprint density at radius 3 is 2.47 bits per heavy atom. The smallest absolute Gasteiger partial charge is 0.0444 e. The summed E-state index contributed by atoms with van der Waals surface area (Å²) in [5, 5.41) is 12.8. The van der Waals surface area contributed by atoms with Gasteiger partial charge in [0, 0.05) is 24.2 Å². The van der Waals surface area contributed by atoms with Gasteiger partial charge in [-0.3, -0.25) is 0 Å². The Kier molecular flexibility index (Phi) is 7.21. The van der Waals surface area contributed by atoms with Crippen molar-refractivity contribution in [2.45, 2.75) is 25.3 Å². The molecule has 1 unspecified atom stereocenters. The van der Waals surface area contributed by atoms with Crippen LogP contribution in [0, 0.1) is 0 Å². The molecule has 0 bridgehead atoms. The summed E-state index contributed by atoms with van der Waals surface area (Å²) < 4.78 is 0. The second kappa shape index (κ2) is 8.48. The molecule has 17 heavy (non-hydrogen) atoms. The fourth-order valence-electron chi connectivity index (χ4n) is 1.72. The second-order valence-electron chi connectivity index (χ2n) is 4.08. The van der Waals surface area contributed by atoms with Gasteiger partial charge in [0.15, 0.2) is 0 Å². The molecule has 4 N–H and O–H groups in total.